The highest BCUT2D eigenvalue weighted by Crippen LogP contribution is 2.21. The summed E-state index contributed by atoms with van der Waals surface area (Å²) in [6, 6.07) is -0.239. The molecule has 2 N–H and O–H groups in total. The standard InChI is InChI=1S/C15H25N3O2/c1-10(2)7-12(16)14-17-13(9-20-14)15(19)18-6-4-5-11(3)8-18/h9-12H,4-8,16H2,1-3H3. The molecule has 5 nitrogen and oxygen atoms in total. The number of likely N-dealkylation sites (tertiary alicyclic amines) is 1. The van der Waals surface area contributed by atoms with Crippen molar-refractivity contribution in [1.29, 1.82) is 0 Å². The lowest BCUT2D eigenvalue weighted by Crippen LogP contribution is -2.39. The topological polar surface area (TPSA) is 72.4 Å². The second kappa shape index (κ2) is 6.39. The molecule has 0 bridgehead atoms. The van der Waals surface area contributed by atoms with E-state index >= 15 is 0 Å². The molecule has 1 aliphatic rings. The SMILES string of the molecule is CC(C)CC(N)c1nc(C(=O)N2CCCC(C)C2)co1. The Bertz CT molecular complexity index is 456. The average molecular weight is 279 g/mol. The number of hydrogen-bond donors (Lipinski definition) is 1. The molecule has 1 saturated heterocycles. The summed E-state index contributed by atoms with van der Waals surface area (Å²) >= 11 is 0. The third-order valence-electron chi connectivity index (χ3n) is 3.73. The number of rotatable bonds is 4. The van der Waals surface area contributed by atoms with Crippen molar-refractivity contribution in [2.24, 2.45) is 17.6 Å². The van der Waals surface area contributed by atoms with Crippen LogP contribution in [-0.4, -0.2) is 28.9 Å². The van der Waals surface area contributed by atoms with Gasteiger partial charge in [0.2, 0.25) is 5.89 Å². The predicted octanol–water partition coefficient (Wildman–Crippen LogP) is 2.59. The molecule has 5 heteroatoms. The Kier molecular flexibility index (Phi) is 4.81. The van der Waals surface area contributed by atoms with Crippen LogP contribution in [0.4, 0.5) is 0 Å². The Labute approximate surface area is 120 Å². The van der Waals surface area contributed by atoms with Crippen molar-refractivity contribution < 1.29 is 9.21 Å². The second-order valence-electron chi connectivity index (χ2n) is 6.31. The van der Waals surface area contributed by atoms with Crippen LogP contribution in [-0.2, 0) is 0 Å². The van der Waals surface area contributed by atoms with E-state index in [0.29, 0.717) is 23.4 Å². The van der Waals surface area contributed by atoms with Gasteiger partial charge in [-0.05, 0) is 31.1 Å². The highest BCUT2D eigenvalue weighted by molar-refractivity contribution is 5.92. The summed E-state index contributed by atoms with van der Waals surface area (Å²) in [6.07, 6.45) is 4.49. The lowest BCUT2D eigenvalue weighted by molar-refractivity contribution is 0.0677. The van der Waals surface area contributed by atoms with Gasteiger partial charge in [-0.1, -0.05) is 20.8 Å². The Morgan fingerprint density at radius 2 is 2.35 bits per heavy atom. The molecule has 1 aromatic heterocycles. The van der Waals surface area contributed by atoms with Crippen molar-refractivity contribution in [3.63, 3.8) is 0 Å². The fourth-order valence-electron chi connectivity index (χ4n) is 2.70. The van der Waals surface area contributed by atoms with Gasteiger partial charge < -0.3 is 15.1 Å². The smallest absolute Gasteiger partial charge is 0.275 e. The first-order valence-corrected chi connectivity index (χ1v) is 7.47. The van der Waals surface area contributed by atoms with Crippen LogP contribution in [0.1, 0.15) is 62.5 Å². The Morgan fingerprint density at radius 3 is 3.00 bits per heavy atom. The van der Waals surface area contributed by atoms with Crippen molar-refractivity contribution >= 4 is 5.91 Å². The van der Waals surface area contributed by atoms with E-state index < -0.39 is 0 Å². The maximum Gasteiger partial charge on any atom is 0.275 e. The average Bonchev–Trinajstić information content (AvgIpc) is 2.86. The summed E-state index contributed by atoms with van der Waals surface area (Å²) in [7, 11) is 0. The van der Waals surface area contributed by atoms with Crippen LogP contribution in [0, 0.1) is 11.8 Å². The van der Waals surface area contributed by atoms with Gasteiger partial charge in [0.05, 0.1) is 6.04 Å². The lowest BCUT2D eigenvalue weighted by Gasteiger charge is -2.30. The Hall–Kier alpha value is -1.36. The molecule has 0 aliphatic carbocycles. The van der Waals surface area contributed by atoms with Crippen LogP contribution < -0.4 is 5.73 Å². The quantitative estimate of drug-likeness (QED) is 0.919. The van der Waals surface area contributed by atoms with Crippen LogP contribution in [0.3, 0.4) is 0 Å². The molecule has 0 saturated carbocycles. The zero-order valence-corrected chi connectivity index (χ0v) is 12.6. The molecular weight excluding hydrogens is 254 g/mol. The summed E-state index contributed by atoms with van der Waals surface area (Å²) in [5.74, 6) is 1.46. The van der Waals surface area contributed by atoms with Crippen LogP contribution >= 0.6 is 0 Å². The molecule has 1 amide bonds. The minimum atomic E-state index is -0.239. The molecule has 2 heterocycles. The zero-order valence-electron chi connectivity index (χ0n) is 12.6. The van der Waals surface area contributed by atoms with E-state index in [1.165, 1.54) is 12.7 Å². The molecule has 1 aromatic rings. The lowest BCUT2D eigenvalue weighted by atomic mass is 10.0. The number of nitrogens with zero attached hydrogens (tertiary/aromatic N) is 2. The number of carbonyl (C=O) groups excluding carboxylic acids is 1. The van der Waals surface area contributed by atoms with Crippen LogP contribution in [0.25, 0.3) is 0 Å². The Balaban J connectivity index is 2.02. The minimum absolute atomic E-state index is 0.0386. The number of piperidine rings is 1. The molecule has 0 aromatic carbocycles. The molecule has 2 atom stereocenters. The third-order valence-corrected chi connectivity index (χ3v) is 3.73. The zero-order chi connectivity index (χ0) is 14.7. The van der Waals surface area contributed by atoms with E-state index in [-0.39, 0.29) is 11.9 Å². The summed E-state index contributed by atoms with van der Waals surface area (Å²) in [5, 5.41) is 0. The molecule has 20 heavy (non-hydrogen) atoms. The van der Waals surface area contributed by atoms with Gasteiger partial charge in [-0.15, -0.1) is 0 Å². The highest BCUT2D eigenvalue weighted by Gasteiger charge is 2.25. The van der Waals surface area contributed by atoms with Gasteiger partial charge >= 0.3 is 0 Å². The van der Waals surface area contributed by atoms with E-state index in [0.717, 1.165) is 25.9 Å². The number of hydrogen-bond acceptors (Lipinski definition) is 4. The predicted molar refractivity (Wildman–Crippen MR) is 77.2 cm³/mol. The van der Waals surface area contributed by atoms with Crippen molar-refractivity contribution in [2.45, 2.75) is 46.1 Å². The van der Waals surface area contributed by atoms with Gasteiger partial charge in [0.1, 0.15) is 6.26 Å². The van der Waals surface area contributed by atoms with Gasteiger partial charge in [0, 0.05) is 13.1 Å². The van der Waals surface area contributed by atoms with Crippen LogP contribution in [0.5, 0.6) is 0 Å². The van der Waals surface area contributed by atoms with Crippen molar-refractivity contribution in [1.82, 2.24) is 9.88 Å². The largest absolute Gasteiger partial charge is 0.446 e. The molecule has 0 spiro atoms. The van der Waals surface area contributed by atoms with Gasteiger partial charge in [-0.3, -0.25) is 4.79 Å². The van der Waals surface area contributed by atoms with Crippen molar-refractivity contribution in [2.75, 3.05) is 13.1 Å². The number of amides is 1. The van der Waals surface area contributed by atoms with Gasteiger partial charge in [-0.25, -0.2) is 4.98 Å². The van der Waals surface area contributed by atoms with E-state index in [1.54, 1.807) is 0 Å². The third kappa shape index (κ3) is 3.60. The summed E-state index contributed by atoms with van der Waals surface area (Å²) in [6.45, 7) is 7.99. The molecule has 1 fully saturated rings. The first-order chi connectivity index (χ1) is 9.47. The molecule has 1 aliphatic heterocycles. The first kappa shape index (κ1) is 15.0. The van der Waals surface area contributed by atoms with Crippen LogP contribution in [0.2, 0.25) is 0 Å². The maximum atomic E-state index is 12.4. The fourth-order valence-corrected chi connectivity index (χ4v) is 2.70. The normalized spacial score (nSPS) is 21.2. The van der Waals surface area contributed by atoms with Gasteiger partial charge in [0.15, 0.2) is 5.69 Å². The monoisotopic (exact) mass is 279 g/mol. The van der Waals surface area contributed by atoms with Crippen LogP contribution in [0.15, 0.2) is 10.7 Å². The van der Waals surface area contributed by atoms with E-state index in [4.69, 9.17) is 10.2 Å². The first-order valence-electron chi connectivity index (χ1n) is 7.47. The number of oxazole rings is 1. The Morgan fingerprint density at radius 1 is 1.60 bits per heavy atom. The van der Waals surface area contributed by atoms with Gasteiger partial charge in [-0.2, -0.15) is 0 Å². The number of nitrogens with two attached hydrogens (primary N) is 1. The summed E-state index contributed by atoms with van der Waals surface area (Å²) in [5.41, 5.74) is 6.41. The summed E-state index contributed by atoms with van der Waals surface area (Å²) < 4.78 is 5.38. The van der Waals surface area contributed by atoms with E-state index in [2.05, 4.69) is 25.8 Å². The molecule has 2 rings (SSSR count). The number of carbonyl (C=O) groups is 1. The highest BCUT2D eigenvalue weighted by atomic mass is 16.3. The fraction of sp³-hybridized carbons (Fsp3) is 0.733. The molecule has 0 radical (unpaired) electrons. The van der Waals surface area contributed by atoms with E-state index in [9.17, 15) is 4.79 Å². The van der Waals surface area contributed by atoms with Gasteiger partial charge in [0.25, 0.3) is 5.91 Å². The van der Waals surface area contributed by atoms with Crippen molar-refractivity contribution in [3.05, 3.63) is 17.8 Å². The number of aromatic nitrogens is 1. The van der Waals surface area contributed by atoms with Crippen molar-refractivity contribution in [3.8, 4) is 0 Å². The summed E-state index contributed by atoms with van der Waals surface area (Å²) in [4.78, 5) is 18.5. The maximum absolute atomic E-state index is 12.4. The van der Waals surface area contributed by atoms with E-state index in [1.807, 2.05) is 4.90 Å². The second-order valence-corrected chi connectivity index (χ2v) is 6.31. The molecule has 2 unspecified atom stereocenters. The minimum Gasteiger partial charge on any atom is -0.446 e. The molecular formula is C15H25N3O2. The molecule has 112 valence electrons.